The highest BCUT2D eigenvalue weighted by Gasteiger charge is 2.19. The van der Waals surface area contributed by atoms with Gasteiger partial charge in [0.15, 0.2) is 9.84 Å². The lowest BCUT2D eigenvalue weighted by Crippen LogP contribution is -2.18. The number of carbonyl (C=O) groups excluding carboxylic acids is 1. The van der Waals surface area contributed by atoms with Crippen molar-refractivity contribution in [3.8, 4) is 5.75 Å². The summed E-state index contributed by atoms with van der Waals surface area (Å²) in [5, 5.41) is 2.85. The fourth-order valence-electron chi connectivity index (χ4n) is 3.08. The molecule has 7 heteroatoms. The molecule has 1 amide bonds. The zero-order chi connectivity index (χ0) is 20.3. The molecular weight excluding hydrogens is 378 g/mol. The van der Waals surface area contributed by atoms with E-state index in [1.807, 2.05) is 19.1 Å². The van der Waals surface area contributed by atoms with E-state index in [0.717, 1.165) is 31.3 Å². The molecule has 3 rings (SSSR count). The van der Waals surface area contributed by atoms with Gasteiger partial charge in [0, 0.05) is 18.4 Å². The Bertz CT molecular complexity index is 978. The zero-order valence-corrected chi connectivity index (χ0v) is 17.1. The fraction of sp³-hybridized carbons (Fsp3) is 0.381. The summed E-state index contributed by atoms with van der Waals surface area (Å²) in [5.41, 5.74) is 2.56. The molecule has 0 aliphatic carbocycles. The lowest BCUT2D eigenvalue weighted by atomic mass is 10.1. The highest BCUT2D eigenvalue weighted by Crippen LogP contribution is 2.28. The first-order valence-corrected chi connectivity index (χ1v) is 11.1. The van der Waals surface area contributed by atoms with Crippen LogP contribution < -0.4 is 10.1 Å². The minimum atomic E-state index is -3.40. The van der Waals surface area contributed by atoms with Crippen LogP contribution in [0.1, 0.15) is 34.3 Å². The number of sulfone groups is 1. The average Bonchev–Trinajstić information content (AvgIpc) is 3.14. The topological polar surface area (TPSA) is 81.7 Å². The summed E-state index contributed by atoms with van der Waals surface area (Å²) in [6.07, 6.45) is 3.18. The Kier molecular flexibility index (Phi) is 6.05. The number of amides is 1. The Labute approximate surface area is 165 Å². The minimum absolute atomic E-state index is 0.0674. The van der Waals surface area contributed by atoms with E-state index >= 15 is 0 Å². The summed E-state index contributed by atoms with van der Waals surface area (Å²) in [4.78, 5) is 12.9. The maximum absolute atomic E-state index is 12.8. The van der Waals surface area contributed by atoms with E-state index < -0.39 is 9.84 Å². The summed E-state index contributed by atoms with van der Waals surface area (Å²) in [6.45, 7) is 4.89. The number of aryl methyl sites for hydroxylation is 2. The number of benzene rings is 2. The van der Waals surface area contributed by atoms with Crippen molar-refractivity contribution in [2.45, 2.75) is 37.7 Å². The Hall–Kier alpha value is -2.38. The van der Waals surface area contributed by atoms with Gasteiger partial charge in [-0.05, 0) is 62.1 Å². The molecule has 1 aliphatic rings. The van der Waals surface area contributed by atoms with Crippen LogP contribution in [0.4, 0.5) is 5.69 Å². The quantitative estimate of drug-likeness (QED) is 0.798. The molecule has 6 nitrogen and oxygen atoms in total. The molecule has 1 aliphatic heterocycles. The number of nitrogens with one attached hydrogen (secondary N) is 1. The SMILES string of the molecule is Cc1ccc(NC(=O)c2cc(S(C)(=O)=O)ccc2C)c(OCC2CCCO2)c1. The number of carbonyl (C=O) groups is 1. The van der Waals surface area contributed by atoms with Gasteiger partial charge in [-0.15, -0.1) is 0 Å². The maximum atomic E-state index is 12.8. The zero-order valence-electron chi connectivity index (χ0n) is 16.3. The highest BCUT2D eigenvalue weighted by atomic mass is 32.2. The van der Waals surface area contributed by atoms with E-state index in [1.165, 1.54) is 12.1 Å². The van der Waals surface area contributed by atoms with Crippen LogP contribution >= 0.6 is 0 Å². The molecule has 0 aromatic heterocycles. The van der Waals surface area contributed by atoms with Gasteiger partial charge in [-0.3, -0.25) is 4.79 Å². The molecule has 1 N–H and O–H groups in total. The van der Waals surface area contributed by atoms with E-state index in [-0.39, 0.29) is 16.9 Å². The third kappa shape index (κ3) is 4.91. The van der Waals surface area contributed by atoms with Gasteiger partial charge in [-0.2, -0.15) is 0 Å². The van der Waals surface area contributed by atoms with Crippen LogP contribution in [0.2, 0.25) is 0 Å². The van der Waals surface area contributed by atoms with E-state index in [0.29, 0.717) is 29.2 Å². The Morgan fingerprint density at radius 3 is 2.68 bits per heavy atom. The second-order valence-corrected chi connectivity index (χ2v) is 9.16. The number of hydrogen-bond donors (Lipinski definition) is 1. The van der Waals surface area contributed by atoms with Crippen molar-refractivity contribution in [2.24, 2.45) is 0 Å². The van der Waals surface area contributed by atoms with Gasteiger partial charge < -0.3 is 14.8 Å². The monoisotopic (exact) mass is 403 g/mol. The third-order valence-corrected chi connectivity index (χ3v) is 5.83. The smallest absolute Gasteiger partial charge is 0.256 e. The van der Waals surface area contributed by atoms with Crippen molar-refractivity contribution in [3.05, 3.63) is 53.1 Å². The molecule has 0 spiro atoms. The minimum Gasteiger partial charge on any atom is -0.489 e. The molecule has 1 heterocycles. The first-order valence-electron chi connectivity index (χ1n) is 9.21. The Morgan fingerprint density at radius 1 is 1.21 bits per heavy atom. The van der Waals surface area contributed by atoms with Crippen LogP contribution in [0.15, 0.2) is 41.3 Å². The molecule has 1 unspecified atom stereocenters. The van der Waals surface area contributed by atoms with Crippen LogP contribution in [0.3, 0.4) is 0 Å². The van der Waals surface area contributed by atoms with Crippen LogP contribution in [0.25, 0.3) is 0 Å². The largest absolute Gasteiger partial charge is 0.489 e. The molecule has 0 radical (unpaired) electrons. The standard InChI is InChI=1S/C21H25NO5S/c1-14-6-9-19(20(11-14)27-13-16-5-4-10-26-16)22-21(23)18-12-17(28(3,24)25)8-7-15(18)2/h6-9,11-12,16H,4-5,10,13H2,1-3H3,(H,22,23). The first kappa shape index (κ1) is 20.4. The van der Waals surface area contributed by atoms with Crippen LogP contribution in [0.5, 0.6) is 5.75 Å². The Balaban J connectivity index is 1.82. The second kappa shape index (κ2) is 8.32. The van der Waals surface area contributed by atoms with Gasteiger partial charge in [0.25, 0.3) is 5.91 Å². The Morgan fingerprint density at radius 2 is 2.00 bits per heavy atom. The van der Waals surface area contributed by atoms with Crippen molar-refractivity contribution >= 4 is 21.4 Å². The predicted octanol–water partition coefficient (Wildman–Crippen LogP) is 3.52. The van der Waals surface area contributed by atoms with Crippen LogP contribution in [-0.2, 0) is 14.6 Å². The normalized spacial score (nSPS) is 16.8. The molecule has 150 valence electrons. The van der Waals surface area contributed by atoms with Gasteiger partial charge in [0.2, 0.25) is 0 Å². The summed E-state index contributed by atoms with van der Waals surface area (Å²) in [7, 11) is -3.40. The van der Waals surface area contributed by atoms with E-state index in [1.54, 1.807) is 19.1 Å². The van der Waals surface area contributed by atoms with Crippen molar-refractivity contribution in [2.75, 3.05) is 24.8 Å². The van der Waals surface area contributed by atoms with Gasteiger partial charge in [-0.1, -0.05) is 12.1 Å². The molecule has 2 aromatic rings. The second-order valence-electron chi connectivity index (χ2n) is 7.15. The van der Waals surface area contributed by atoms with Crippen LogP contribution in [0, 0.1) is 13.8 Å². The number of rotatable bonds is 6. The molecular formula is C21H25NO5S. The lowest BCUT2D eigenvalue weighted by Gasteiger charge is -2.16. The number of anilines is 1. The van der Waals surface area contributed by atoms with Crippen molar-refractivity contribution in [1.29, 1.82) is 0 Å². The predicted molar refractivity (Wildman–Crippen MR) is 108 cm³/mol. The first-order chi connectivity index (χ1) is 13.2. The number of ether oxygens (including phenoxy) is 2. The maximum Gasteiger partial charge on any atom is 0.256 e. The summed E-state index contributed by atoms with van der Waals surface area (Å²) < 4.78 is 35.1. The van der Waals surface area contributed by atoms with E-state index in [4.69, 9.17) is 9.47 Å². The van der Waals surface area contributed by atoms with Gasteiger partial charge in [-0.25, -0.2) is 8.42 Å². The van der Waals surface area contributed by atoms with Crippen molar-refractivity contribution in [3.63, 3.8) is 0 Å². The summed E-state index contributed by atoms with van der Waals surface area (Å²) in [5.74, 6) is 0.189. The molecule has 1 atom stereocenters. The van der Waals surface area contributed by atoms with E-state index in [2.05, 4.69) is 5.32 Å². The van der Waals surface area contributed by atoms with Gasteiger partial charge in [0.05, 0.1) is 16.7 Å². The molecule has 2 aromatic carbocycles. The van der Waals surface area contributed by atoms with Gasteiger partial charge >= 0.3 is 0 Å². The molecule has 1 fully saturated rings. The van der Waals surface area contributed by atoms with Crippen LogP contribution in [-0.4, -0.2) is 39.9 Å². The van der Waals surface area contributed by atoms with E-state index in [9.17, 15) is 13.2 Å². The highest BCUT2D eigenvalue weighted by molar-refractivity contribution is 7.90. The summed E-state index contributed by atoms with van der Waals surface area (Å²) >= 11 is 0. The molecule has 0 bridgehead atoms. The number of hydrogen-bond acceptors (Lipinski definition) is 5. The van der Waals surface area contributed by atoms with Crippen molar-refractivity contribution in [1.82, 2.24) is 0 Å². The summed E-state index contributed by atoms with van der Waals surface area (Å²) in [6, 6.07) is 10.1. The average molecular weight is 404 g/mol. The fourth-order valence-corrected chi connectivity index (χ4v) is 3.72. The molecule has 0 saturated carbocycles. The molecule has 1 saturated heterocycles. The molecule has 28 heavy (non-hydrogen) atoms. The van der Waals surface area contributed by atoms with Gasteiger partial charge in [0.1, 0.15) is 12.4 Å². The van der Waals surface area contributed by atoms with Crippen molar-refractivity contribution < 1.29 is 22.7 Å². The lowest BCUT2D eigenvalue weighted by molar-refractivity contribution is 0.0681. The third-order valence-electron chi connectivity index (χ3n) is 4.72.